The van der Waals surface area contributed by atoms with Gasteiger partial charge in [0.05, 0.1) is 6.10 Å². The average molecular weight is 238 g/mol. The van der Waals surface area contributed by atoms with E-state index in [0.717, 1.165) is 12.8 Å². The van der Waals surface area contributed by atoms with E-state index in [9.17, 15) is 4.79 Å². The Kier molecular flexibility index (Phi) is 9.50. The van der Waals surface area contributed by atoms with Gasteiger partial charge in [0.25, 0.3) is 0 Å². The summed E-state index contributed by atoms with van der Waals surface area (Å²) in [5, 5.41) is 0. The van der Waals surface area contributed by atoms with Crippen molar-refractivity contribution in [3.8, 4) is 0 Å². The summed E-state index contributed by atoms with van der Waals surface area (Å²) in [4.78, 5) is 11.3. The first-order valence-electron chi connectivity index (χ1n) is 6.53. The van der Waals surface area contributed by atoms with Crippen LogP contribution in [0.4, 0.5) is 0 Å². The van der Waals surface area contributed by atoms with E-state index in [4.69, 9.17) is 4.74 Å². The average Bonchev–Trinajstić information content (AvgIpc) is 2.31. The molecule has 0 fully saturated rings. The monoisotopic (exact) mass is 238 g/mol. The Hall–Kier alpha value is -1.05. The standard InChI is InChI=1S/C15H26O2/c1-5-7-12-15(16)17-14(4)11-9-8-10-13(3)6-2/h5-6,13-14H,1-2,7-12H2,3-4H3. The van der Waals surface area contributed by atoms with Crippen molar-refractivity contribution < 1.29 is 9.53 Å². The zero-order chi connectivity index (χ0) is 13.1. The zero-order valence-electron chi connectivity index (χ0n) is 11.3. The molecule has 0 aliphatic rings. The highest BCUT2D eigenvalue weighted by Gasteiger charge is 2.08. The summed E-state index contributed by atoms with van der Waals surface area (Å²) in [6.45, 7) is 11.5. The van der Waals surface area contributed by atoms with Gasteiger partial charge in [0.15, 0.2) is 0 Å². The molecule has 0 bridgehead atoms. The molecule has 0 spiro atoms. The van der Waals surface area contributed by atoms with Crippen molar-refractivity contribution >= 4 is 5.97 Å². The molecule has 0 amide bonds. The van der Waals surface area contributed by atoms with Gasteiger partial charge < -0.3 is 4.74 Å². The predicted molar refractivity (Wildman–Crippen MR) is 72.8 cm³/mol. The lowest BCUT2D eigenvalue weighted by Crippen LogP contribution is -2.14. The molecular weight excluding hydrogens is 212 g/mol. The number of carbonyl (C=O) groups is 1. The van der Waals surface area contributed by atoms with E-state index in [1.807, 2.05) is 13.0 Å². The fourth-order valence-corrected chi connectivity index (χ4v) is 1.58. The normalized spacial score (nSPS) is 13.8. The highest BCUT2D eigenvalue weighted by Crippen LogP contribution is 2.12. The maximum absolute atomic E-state index is 11.3. The fourth-order valence-electron chi connectivity index (χ4n) is 1.58. The number of carbonyl (C=O) groups excluding carboxylic acids is 1. The summed E-state index contributed by atoms with van der Waals surface area (Å²) in [5.41, 5.74) is 0. The molecule has 0 aromatic heterocycles. The van der Waals surface area contributed by atoms with Crippen LogP contribution in [-0.4, -0.2) is 12.1 Å². The maximum Gasteiger partial charge on any atom is 0.306 e. The molecule has 2 atom stereocenters. The molecule has 0 aliphatic heterocycles. The van der Waals surface area contributed by atoms with Crippen molar-refractivity contribution in [1.82, 2.24) is 0 Å². The van der Waals surface area contributed by atoms with E-state index in [1.165, 1.54) is 12.8 Å². The minimum absolute atomic E-state index is 0.0337. The molecule has 2 unspecified atom stereocenters. The largest absolute Gasteiger partial charge is 0.463 e. The lowest BCUT2D eigenvalue weighted by Gasteiger charge is -2.13. The van der Waals surface area contributed by atoms with Crippen LogP contribution in [0.5, 0.6) is 0 Å². The molecule has 2 heteroatoms. The lowest BCUT2D eigenvalue weighted by molar-refractivity contribution is -0.148. The Bertz CT molecular complexity index is 233. The summed E-state index contributed by atoms with van der Waals surface area (Å²) >= 11 is 0. The number of ether oxygens (including phenoxy) is 1. The summed E-state index contributed by atoms with van der Waals surface area (Å²) in [5.74, 6) is 0.470. The van der Waals surface area contributed by atoms with Crippen LogP contribution >= 0.6 is 0 Å². The van der Waals surface area contributed by atoms with Crippen LogP contribution in [0.25, 0.3) is 0 Å². The van der Waals surface area contributed by atoms with Crippen molar-refractivity contribution in [1.29, 1.82) is 0 Å². The number of esters is 1. The molecule has 0 N–H and O–H groups in total. The molecule has 0 aliphatic carbocycles. The van der Waals surface area contributed by atoms with Crippen molar-refractivity contribution in [3.05, 3.63) is 25.3 Å². The second-order valence-electron chi connectivity index (χ2n) is 4.63. The quantitative estimate of drug-likeness (QED) is 0.323. The Morgan fingerprint density at radius 1 is 1.24 bits per heavy atom. The van der Waals surface area contributed by atoms with Gasteiger partial charge in [-0.15, -0.1) is 13.2 Å². The second kappa shape index (κ2) is 10.1. The molecule has 0 aromatic rings. The predicted octanol–water partition coefficient (Wildman–Crippen LogP) is 4.27. The molecule has 2 nitrogen and oxygen atoms in total. The highest BCUT2D eigenvalue weighted by molar-refractivity contribution is 5.69. The molecule has 17 heavy (non-hydrogen) atoms. The lowest BCUT2D eigenvalue weighted by atomic mass is 10.0. The molecule has 0 saturated heterocycles. The van der Waals surface area contributed by atoms with Gasteiger partial charge in [0.1, 0.15) is 0 Å². The highest BCUT2D eigenvalue weighted by atomic mass is 16.5. The first-order valence-corrected chi connectivity index (χ1v) is 6.53. The van der Waals surface area contributed by atoms with Gasteiger partial charge in [-0.3, -0.25) is 4.79 Å². The minimum Gasteiger partial charge on any atom is -0.463 e. The number of allylic oxidation sites excluding steroid dienone is 2. The van der Waals surface area contributed by atoms with E-state index >= 15 is 0 Å². The Morgan fingerprint density at radius 2 is 1.88 bits per heavy atom. The molecule has 0 aromatic carbocycles. The Balaban J connectivity index is 3.51. The van der Waals surface area contributed by atoms with Crippen LogP contribution in [0.1, 0.15) is 52.4 Å². The van der Waals surface area contributed by atoms with Crippen molar-refractivity contribution in [2.45, 2.75) is 58.5 Å². The van der Waals surface area contributed by atoms with E-state index in [2.05, 4.69) is 20.1 Å². The van der Waals surface area contributed by atoms with Gasteiger partial charge >= 0.3 is 5.97 Å². The van der Waals surface area contributed by atoms with Gasteiger partial charge in [0.2, 0.25) is 0 Å². The molecular formula is C15H26O2. The third kappa shape index (κ3) is 9.86. The summed E-state index contributed by atoms with van der Waals surface area (Å²) in [6.07, 6.45) is 9.29. The van der Waals surface area contributed by atoms with Crippen LogP contribution in [0.2, 0.25) is 0 Å². The van der Waals surface area contributed by atoms with Crippen LogP contribution in [0, 0.1) is 5.92 Å². The molecule has 0 saturated carbocycles. The molecule has 0 heterocycles. The van der Waals surface area contributed by atoms with Crippen LogP contribution in [0.15, 0.2) is 25.3 Å². The van der Waals surface area contributed by atoms with E-state index in [-0.39, 0.29) is 12.1 Å². The topological polar surface area (TPSA) is 26.3 Å². The molecule has 98 valence electrons. The SMILES string of the molecule is C=CCCC(=O)OC(C)CCCCC(C)C=C. The van der Waals surface area contributed by atoms with Crippen LogP contribution in [-0.2, 0) is 9.53 Å². The van der Waals surface area contributed by atoms with Crippen molar-refractivity contribution in [2.24, 2.45) is 5.92 Å². The van der Waals surface area contributed by atoms with E-state index in [0.29, 0.717) is 18.8 Å². The van der Waals surface area contributed by atoms with Gasteiger partial charge in [0, 0.05) is 6.42 Å². The number of hydrogen-bond acceptors (Lipinski definition) is 2. The first-order chi connectivity index (χ1) is 8.10. The van der Waals surface area contributed by atoms with Crippen LogP contribution in [0.3, 0.4) is 0 Å². The van der Waals surface area contributed by atoms with Crippen molar-refractivity contribution in [2.75, 3.05) is 0 Å². The summed E-state index contributed by atoms with van der Waals surface area (Å²) in [7, 11) is 0. The van der Waals surface area contributed by atoms with Gasteiger partial charge in [-0.05, 0) is 38.5 Å². The maximum atomic E-state index is 11.3. The zero-order valence-corrected chi connectivity index (χ0v) is 11.3. The molecule has 0 rings (SSSR count). The summed E-state index contributed by atoms with van der Waals surface area (Å²) < 4.78 is 5.28. The Labute approximate surface area is 106 Å². The number of unbranched alkanes of at least 4 members (excludes halogenated alkanes) is 1. The van der Waals surface area contributed by atoms with Gasteiger partial charge in [-0.25, -0.2) is 0 Å². The second-order valence-corrected chi connectivity index (χ2v) is 4.63. The fraction of sp³-hybridized carbons (Fsp3) is 0.667. The third-order valence-electron chi connectivity index (χ3n) is 2.81. The van der Waals surface area contributed by atoms with Gasteiger partial charge in [-0.2, -0.15) is 0 Å². The third-order valence-corrected chi connectivity index (χ3v) is 2.81. The van der Waals surface area contributed by atoms with Crippen LogP contribution < -0.4 is 0 Å². The minimum atomic E-state index is -0.114. The van der Waals surface area contributed by atoms with E-state index in [1.54, 1.807) is 6.08 Å². The van der Waals surface area contributed by atoms with Crippen molar-refractivity contribution in [3.63, 3.8) is 0 Å². The first kappa shape index (κ1) is 16.0. The Morgan fingerprint density at radius 3 is 2.47 bits per heavy atom. The van der Waals surface area contributed by atoms with E-state index < -0.39 is 0 Å². The smallest absolute Gasteiger partial charge is 0.306 e. The number of rotatable bonds is 10. The summed E-state index contributed by atoms with van der Waals surface area (Å²) in [6, 6.07) is 0. The van der Waals surface area contributed by atoms with Gasteiger partial charge in [-0.1, -0.05) is 25.5 Å². The molecule has 0 radical (unpaired) electrons. The number of hydrogen-bond donors (Lipinski definition) is 0.